The van der Waals surface area contributed by atoms with E-state index < -0.39 is 16.1 Å². The Labute approximate surface area is 216 Å². The standard InChI is InChI=1S/C28H28N2O6S/c1-19-7-10-22(11-8-19)37(33,34)29-13-14-30(26(31)17-29)28-23-6-4-3-5-21(23)18-36-25-12-9-20(15-24(25)28)16-27(32)35-2/h3-12,15,28H,13-14,16-18H2,1-2H3. The number of hydrogen-bond donors (Lipinski definition) is 0. The van der Waals surface area contributed by atoms with E-state index in [1.165, 1.54) is 11.4 Å². The summed E-state index contributed by atoms with van der Waals surface area (Å²) in [6.07, 6.45) is 0.0919. The lowest BCUT2D eigenvalue weighted by molar-refractivity contribution is -0.140. The highest BCUT2D eigenvalue weighted by Gasteiger charge is 2.39. The minimum Gasteiger partial charge on any atom is -0.489 e. The van der Waals surface area contributed by atoms with Gasteiger partial charge >= 0.3 is 5.97 Å². The molecule has 1 unspecified atom stereocenters. The molecule has 1 atom stereocenters. The van der Waals surface area contributed by atoms with Gasteiger partial charge in [0.25, 0.3) is 0 Å². The summed E-state index contributed by atoms with van der Waals surface area (Å²) in [5.74, 6) is -0.0391. The van der Waals surface area contributed by atoms with Gasteiger partial charge in [-0.05, 0) is 47.9 Å². The number of ether oxygens (including phenoxy) is 2. The summed E-state index contributed by atoms with van der Waals surface area (Å²) in [5.41, 5.74) is 4.32. The minimum absolute atomic E-state index is 0.0919. The Hall–Kier alpha value is -3.69. The Bertz CT molecular complexity index is 1450. The van der Waals surface area contributed by atoms with Crippen molar-refractivity contribution in [2.24, 2.45) is 0 Å². The van der Waals surface area contributed by atoms with Crippen molar-refractivity contribution in [1.29, 1.82) is 0 Å². The molecule has 192 valence electrons. The maximum Gasteiger partial charge on any atom is 0.309 e. The fourth-order valence-electron chi connectivity index (χ4n) is 4.89. The van der Waals surface area contributed by atoms with Crippen molar-refractivity contribution in [2.75, 3.05) is 26.7 Å². The maximum absolute atomic E-state index is 13.6. The second kappa shape index (κ2) is 9.99. The normalized spacial score (nSPS) is 17.8. The van der Waals surface area contributed by atoms with Crippen LogP contribution < -0.4 is 4.74 Å². The zero-order valence-corrected chi connectivity index (χ0v) is 21.5. The second-order valence-electron chi connectivity index (χ2n) is 9.25. The molecule has 2 aliphatic heterocycles. The zero-order valence-electron chi connectivity index (χ0n) is 20.7. The van der Waals surface area contributed by atoms with Gasteiger partial charge in [-0.1, -0.05) is 48.0 Å². The molecule has 0 radical (unpaired) electrons. The first-order chi connectivity index (χ1) is 17.8. The highest BCUT2D eigenvalue weighted by Crippen LogP contribution is 2.41. The summed E-state index contributed by atoms with van der Waals surface area (Å²) in [6.45, 7) is 2.35. The molecular weight excluding hydrogens is 492 g/mol. The third-order valence-corrected chi connectivity index (χ3v) is 8.73. The van der Waals surface area contributed by atoms with E-state index in [-0.39, 0.29) is 42.8 Å². The van der Waals surface area contributed by atoms with Crippen LogP contribution >= 0.6 is 0 Å². The van der Waals surface area contributed by atoms with Gasteiger partial charge in [0.2, 0.25) is 15.9 Å². The van der Waals surface area contributed by atoms with Gasteiger partial charge in [-0.2, -0.15) is 4.31 Å². The summed E-state index contributed by atoms with van der Waals surface area (Å²) >= 11 is 0. The lowest BCUT2D eigenvalue weighted by Gasteiger charge is -2.39. The molecule has 37 heavy (non-hydrogen) atoms. The smallest absolute Gasteiger partial charge is 0.309 e. The molecule has 0 saturated carbocycles. The molecule has 0 N–H and O–H groups in total. The van der Waals surface area contributed by atoms with E-state index in [9.17, 15) is 18.0 Å². The predicted molar refractivity (Wildman–Crippen MR) is 136 cm³/mol. The monoisotopic (exact) mass is 520 g/mol. The van der Waals surface area contributed by atoms with Gasteiger partial charge < -0.3 is 14.4 Å². The van der Waals surface area contributed by atoms with Gasteiger partial charge in [0.15, 0.2) is 0 Å². The Morgan fingerprint density at radius 3 is 2.51 bits per heavy atom. The van der Waals surface area contributed by atoms with E-state index in [4.69, 9.17) is 9.47 Å². The summed E-state index contributed by atoms with van der Waals surface area (Å²) < 4.78 is 38.7. The molecule has 0 aromatic heterocycles. The molecule has 5 rings (SSSR count). The number of amides is 1. The third-order valence-electron chi connectivity index (χ3n) is 6.87. The minimum atomic E-state index is -3.81. The van der Waals surface area contributed by atoms with Crippen LogP contribution in [0.15, 0.2) is 71.6 Å². The number of benzene rings is 3. The van der Waals surface area contributed by atoms with Crippen LogP contribution in [0.5, 0.6) is 5.75 Å². The van der Waals surface area contributed by atoms with Crippen LogP contribution in [0.1, 0.15) is 33.9 Å². The van der Waals surface area contributed by atoms with Crippen molar-refractivity contribution in [3.63, 3.8) is 0 Å². The van der Waals surface area contributed by atoms with Gasteiger partial charge in [0, 0.05) is 18.7 Å². The molecule has 0 bridgehead atoms. The van der Waals surface area contributed by atoms with Crippen LogP contribution in [0.3, 0.4) is 0 Å². The van der Waals surface area contributed by atoms with E-state index in [1.807, 2.05) is 49.4 Å². The van der Waals surface area contributed by atoms with Crippen LogP contribution in [0.4, 0.5) is 0 Å². The van der Waals surface area contributed by atoms with Crippen molar-refractivity contribution in [2.45, 2.75) is 30.9 Å². The number of carbonyl (C=O) groups is 2. The Morgan fingerprint density at radius 1 is 1.03 bits per heavy atom. The summed E-state index contributed by atoms with van der Waals surface area (Å²) in [4.78, 5) is 27.4. The molecule has 1 saturated heterocycles. The molecule has 2 aliphatic rings. The highest BCUT2D eigenvalue weighted by molar-refractivity contribution is 7.89. The van der Waals surface area contributed by atoms with Gasteiger partial charge in [0.1, 0.15) is 12.4 Å². The number of hydrogen-bond acceptors (Lipinski definition) is 6. The highest BCUT2D eigenvalue weighted by atomic mass is 32.2. The van der Waals surface area contributed by atoms with Crippen LogP contribution in [0, 0.1) is 6.92 Å². The van der Waals surface area contributed by atoms with Gasteiger partial charge in [-0.15, -0.1) is 0 Å². The van der Waals surface area contributed by atoms with Crippen molar-refractivity contribution in [3.8, 4) is 5.75 Å². The van der Waals surface area contributed by atoms with Crippen molar-refractivity contribution in [1.82, 2.24) is 9.21 Å². The number of methoxy groups -OCH3 is 1. The Balaban J connectivity index is 1.50. The number of aryl methyl sites for hydroxylation is 1. The number of nitrogens with zero attached hydrogens (tertiary/aromatic N) is 2. The SMILES string of the molecule is COC(=O)Cc1ccc2c(c1)C(N1CCN(S(=O)(=O)c3ccc(C)cc3)CC1=O)c1ccccc1CO2. The first-order valence-electron chi connectivity index (χ1n) is 12.0. The lowest BCUT2D eigenvalue weighted by atomic mass is 9.91. The van der Waals surface area contributed by atoms with Crippen LogP contribution in [-0.2, 0) is 37.4 Å². The average Bonchev–Trinajstić information content (AvgIpc) is 3.05. The molecule has 8 nitrogen and oxygen atoms in total. The quantitative estimate of drug-likeness (QED) is 0.480. The van der Waals surface area contributed by atoms with Crippen LogP contribution in [0.2, 0.25) is 0 Å². The number of fused-ring (bicyclic) bond motifs is 2. The average molecular weight is 521 g/mol. The van der Waals surface area contributed by atoms with Gasteiger partial charge in [-0.3, -0.25) is 9.59 Å². The van der Waals surface area contributed by atoms with Crippen molar-refractivity contribution >= 4 is 21.9 Å². The van der Waals surface area contributed by atoms with Crippen molar-refractivity contribution in [3.05, 3.63) is 94.5 Å². The predicted octanol–water partition coefficient (Wildman–Crippen LogP) is 3.23. The first kappa shape index (κ1) is 25.0. The molecule has 0 spiro atoms. The zero-order chi connectivity index (χ0) is 26.2. The molecule has 3 aromatic rings. The lowest BCUT2D eigenvalue weighted by Crippen LogP contribution is -2.53. The number of rotatable bonds is 5. The molecule has 3 aromatic carbocycles. The fraction of sp³-hybridized carbons (Fsp3) is 0.286. The summed E-state index contributed by atoms with van der Waals surface area (Å²) in [5, 5.41) is 0. The molecule has 2 heterocycles. The molecule has 1 fully saturated rings. The topological polar surface area (TPSA) is 93.2 Å². The summed E-state index contributed by atoms with van der Waals surface area (Å²) in [7, 11) is -2.46. The maximum atomic E-state index is 13.6. The number of carbonyl (C=O) groups excluding carboxylic acids is 2. The molecular formula is C28H28N2O6S. The number of esters is 1. The Kier molecular flexibility index (Phi) is 6.74. The molecule has 0 aliphatic carbocycles. The Morgan fingerprint density at radius 2 is 1.78 bits per heavy atom. The van der Waals surface area contributed by atoms with Crippen molar-refractivity contribution < 1.29 is 27.5 Å². The third kappa shape index (κ3) is 4.84. The molecule has 1 amide bonds. The second-order valence-corrected chi connectivity index (χ2v) is 11.2. The van der Waals surface area contributed by atoms with E-state index in [0.717, 1.165) is 27.8 Å². The van der Waals surface area contributed by atoms with Crippen LogP contribution in [0.25, 0.3) is 0 Å². The van der Waals surface area contributed by atoms with E-state index in [1.54, 1.807) is 29.2 Å². The number of piperazine rings is 1. The summed E-state index contributed by atoms with van der Waals surface area (Å²) in [6, 6.07) is 19.4. The molecule has 9 heteroatoms. The largest absolute Gasteiger partial charge is 0.489 e. The van der Waals surface area contributed by atoms with Crippen LogP contribution in [-0.4, -0.2) is 56.2 Å². The number of sulfonamides is 1. The van der Waals surface area contributed by atoms with E-state index in [2.05, 4.69) is 0 Å². The van der Waals surface area contributed by atoms with E-state index in [0.29, 0.717) is 12.4 Å². The van der Waals surface area contributed by atoms with E-state index >= 15 is 0 Å². The van der Waals surface area contributed by atoms with Gasteiger partial charge in [0.05, 0.1) is 31.0 Å². The first-order valence-corrected chi connectivity index (χ1v) is 13.5. The fourth-order valence-corrected chi connectivity index (χ4v) is 6.27. The van der Waals surface area contributed by atoms with Gasteiger partial charge in [-0.25, -0.2) is 8.42 Å².